The van der Waals surface area contributed by atoms with Crippen molar-refractivity contribution in [1.82, 2.24) is 0 Å². The highest BCUT2D eigenvalue weighted by Gasteiger charge is 2.29. The number of furan rings is 1. The van der Waals surface area contributed by atoms with E-state index in [2.05, 4.69) is 5.32 Å². The number of hydrogen-bond acceptors (Lipinski definition) is 5. The van der Waals surface area contributed by atoms with Gasteiger partial charge in [-0.2, -0.15) is 0 Å². The first-order chi connectivity index (χ1) is 11.5. The first-order valence-electron chi connectivity index (χ1n) is 7.41. The number of hydrogen-bond donors (Lipinski definition) is 2. The van der Waals surface area contributed by atoms with E-state index in [4.69, 9.17) is 4.42 Å². The van der Waals surface area contributed by atoms with Crippen LogP contribution in [0.1, 0.15) is 35.7 Å². The van der Waals surface area contributed by atoms with Crippen molar-refractivity contribution in [3.63, 3.8) is 0 Å². The minimum Gasteiger partial charge on any atom is -0.481 e. The van der Waals surface area contributed by atoms with E-state index in [0.29, 0.717) is 11.3 Å². The van der Waals surface area contributed by atoms with Gasteiger partial charge in [0, 0.05) is 11.9 Å². The fourth-order valence-corrected chi connectivity index (χ4v) is 2.79. The standard InChI is InChI=1S/C17H19NO6S/c1-17(2,16(20)21)11-4-6-12(7-5-11)18-15(19)14-9-8-13(24-14)10-25(3,22)23/h4-9H,10H2,1-3H3,(H,18,19)(H,20,21). The molecule has 0 bridgehead atoms. The highest BCUT2D eigenvalue weighted by atomic mass is 32.2. The van der Waals surface area contributed by atoms with Gasteiger partial charge in [0.05, 0.1) is 5.41 Å². The number of carboxylic acids is 1. The smallest absolute Gasteiger partial charge is 0.313 e. The number of nitrogens with one attached hydrogen (secondary N) is 1. The largest absolute Gasteiger partial charge is 0.481 e. The third-order valence-corrected chi connectivity index (χ3v) is 4.50. The molecule has 8 heteroatoms. The van der Waals surface area contributed by atoms with Gasteiger partial charge >= 0.3 is 5.97 Å². The van der Waals surface area contributed by atoms with Crippen molar-refractivity contribution >= 4 is 27.4 Å². The van der Waals surface area contributed by atoms with Gasteiger partial charge in [-0.1, -0.05) is 12.1 Å². The van der Waals surface area contributed by atoms with Crippen LogP contribution in [0.5, 0.6) is 0 Å². The number of benzene rings is 1. The average Bonchev–Trinajstić information content (AvgIpc) is 2.94. The van der Waals surface area contributed by atoms with Crippen molar-refractivity contribution in [3.05, 3.63) is 53.5 Å². The summed E-state index contributed by atoms with van der Waals surface area (Å²) in [6.07, 6.45) is 1.08. The maximum atomic E-state index is 12.1. The summed E-state index contributed by atoms with van der Waals surface area (Å²) in [5.74, 6) is -1.57. The van der Waals surface area contributed by atoms with Crippen LogP contribution >= 0.6 is 0 Å². The molecule has 0 atom stereocenters. The zero-order valence-electron chi connectivity index (χ0n) is 14.1. The lowest BCUT2D eigenvalue weighted by molar-refractivity contribution is -0.142. The summed E-state index contributed by atoms with van der Waals surface area (Å²) in [6, 6.07) is 9.28. The molecule has 0 saturated carbocycles. The minimum atomic E-state index is -3.25. The van der Waals surface area contributed by atoms with Gasteiger partial charge < -0.3 is 14.8 Å². The van der Waals surface area contributed by atoms with E-state index in [1.807, 2.05) is 0 Å². The maximum Gasteiger partial charge on any atom is 0.313 e. The molecule has 0 saturated heterocycles. The van der Waals surface area contributed by atoms with Crippen LogP contribution in [0.15, 0.2) is 40.8 Å². The minimum absolute atomic E-state index is 0.00593. The molecule has 134 valence electrons. The van der Waals surface area contributed by atoms with E-state index in [-0.39, 0.29) is 17.3 Å². The van der Waals surface area contributed by atoms with Crippen molar-refractivity contribution < 1.29 is 27.5 Å². The summed E-state index contributed by atoms with van der Waals surface area (Å²) in [7, 11) is -3.25. The lowest BCUT2D eigenvalue weighted by Gasteiger charge is -2.19. The van der Waals surface area contributed by atoms with Crippen LogP contribution in [0.25, 0.3) is 0 Å². The second-order valence-electron chi connectivity index (χ2n) is 6.30. The maximum absolute atomic E-state index is 12.1. The lowest BCUT2D eigenvalue weighted by Crippen LogP contribution is -2.28. The Labute approximate surface area is 145 Å². The Morgan fingerprint density at radius 1 is 1.12 bits per heavy atom. The topological polar surface area (TPSA) is 114 Å². The van der Waals surface area contributed by atoms with E-state index in [0.717, 1.165) is 6.26 Å². The molecule has 2 aromatic rings. The summed E-state index contributed by atoms with van der Waals surface area (Å²) < 4.78 is 27.7. The van der Waals surface area contributed by atoms with Crippen LogP contribution in [0.4, 0.5) is 5.69 Å². The van der Waals surface area contributed by atoms with Crippen molar-refractivity contribution in [2.75, 3.05) is 11.6 Å². The van der Waals surface area contributed by atoms with Gasteiger partial charge in [0.1, 0.15) is 11.5 Å². The van der Waals surface area contributed by atoms with Gasteiger partial charge in [-0.3, -0.25) is 9.59 Å². The second-order valence-corrected chi connectivity index (χ2v) is 8.44. The summed E-state index contributed by atoms with van der Waals surface area (Å²) >= 11 is 0. The number of aliphatic carboxylic acids is 1. The van der Waals surface area contributed by atoms with Crippen LogP contribution < -0.4 is 5.32 Å². The Morgan fingerprint density at radius 2 is 1.72 bits per heavy atom. The molecule has 1 amide bonds. The molecule has 0 aliphatic heterocycles. The zero-order valence-corrected chi connectivity index (χ0v) is 14.9. The molecular formula is C17H19NO6S. The van der Waals surface area contributed by atoms with E-state index in [9.17, 15) is 23.1 Å². The van der Waals surface area contributed by atoms with Crippen LogP contribution in [0, 0.1) is 0 Å². The Balaban J connectivity index is 2.10. The van der Waals surface area contributed by atoms with Gasteiger partial charge in [-0.15, -0.1) is 0 Å². The van der Waals surface area contributed by atoms with Crippen molar-refractivity contribution in [2.24, 2.45) is 0 Å². The molecule has 0 radical (unpaired) electrons. The molecule has 1 aromatic heterocycles. The highest BCUT2D eigenvalue weighted by molar-refractivity contribution is 7.89. The second kappa shape index (κ2) is 6.72. The van der Waals surface area contributed by atoms with E-state index in [1.54, 1.807) is 38.1 Å². The molecule has 1 heterocycles. The van der Waals surface area contributed by atoms with Gasteiger partial charge in [-0.25, -0.2) is 8.42 Å². The quantitative estimate of drug-likeness (QED) is 0.813. The Morgan fingerprint density at radius 3 is 2.24 bits per heavy atom. The van der Waals surface area contributed by atoms with Crippen LogP contribution in [-0.4, -0.2) is 31.7 Å². The van der Waals surface area contributed by atoms with Crippen molar-refractivity contribution in [3.8, 4) is 0 Å². The van der Waals surface area contributed by atoms with Crippen molar-refractivity contribution in [2.45, 2.75) is 25.0 Å². The van der Waals surface area contributed by atoms with Gasteiger partial charge in [0.15, 0.2) is 15.6 Å². The fraction of sp³-hybridized carbons (Fsp3) is 0.294. The fourth-order valence-electron chi connectivity index (χ4n) is 2.12. The molecule has 0 fully saturated rings. The predicted molar refractivity (Wildman–Crippen MR) is 92.3 cm³/mol. The van der Waals surface area contributed by atoms with Crippen LogP contribution in [0.2, 0.25) is 0 Å². The number of rotatable bonds is 6. The van der Waals surface area contributed by atoms with Gasteiger partial charge in [0.25, 0.3) is 5.91 Å². The first kappa shape index (κ1) is 18.7. The number of amides is 1. The molecule has 0 aliphatic carbocycles. The SMILES string of the molecule is CC(C)(C(=O)O)c1ccc(NC(=O)c2ccc(CS(C)(=O)=O)o2)cc1. The molecule has 2 N–H and O–H groups in total. The van der Waals surface area contributed by atoms with Crippen LogP contribution in [0.3, 0.4) is 0 Å². The molecule has 0 spiro atoms. The molecule has 0 aliphatic rings. The molecule has 25 heavy (non-hydrogen) atoms. The molecule has 0 unspecified atom stereocenters. The van der Waals surface area contributed by atoms with Gasteiger partial charge in [0.2, 0.25) is 0 Å². The lowest BCUT2D eigenvalue weighted by atomic mass is 9.85. The number of carboxylic acid groups (broad SMARTS) is 1. The highest BCUT2D eigenvalue weighted by Crippen LogP contribution is 2.25. The number of carbonyl (C=O) groups is 2. The number of sulfone groups is 1. The van der Waals surface area contributed by atoms with Gasteiger partial charge in [-0.05, 0) is 43.7 Å². The average molecular weight is 365 g/mol. The number of carbonyl (C=O) groups excluding carboxylic acids is 1. The Bertz CT molecular complexity index is 893. The zero-order chi connectivity index (χ0) is 18.8. The van der Waals surface area contributed by atoms with E-state index in [1.165, 1.54) is 12.1 Å². The van der Waals surface area contributed by atoms with Crippen LogP contribution in [-0.2, 0) is 25.8 Å². The van der Waals surface area contributed by atoms with E-state index >= 15 is 0 Å². The Kier molecular flexibility index (Phi) is 5.03. The summed E-state index contributed by atoms with van der Waals surface area (Å²) in [5.41, 5.74) is 0.0341. The molecular weight excluding hydrogens is 346 g/mol. The Hall–Kier alpha value is -2.61. The molecule has 7 nitrogen and oxygen atoms in total. The number of anilines is 1. The summed E-state index contributed by atoms with van der Waals surface area (Å²) in [5, 5.41) is 11.8. The first-order valence-corrected chi connectivity index (χ1v) is 9.47. The normalized spacial score (nSPS) is 12.0. The van der Waals surface area contributed by atoms with E-state index < -0.39 is 27.1 Å². The van der Waals surface area contributed by atoms with Crippen molar-refractivity contribution in [1.29, 1.82) is 0 Å². The summed E-state index contributed by atoms with van der Waals surface area (Å²) in [4.78, 5) is 23.4. The third kappa shape index (κ3) is 4.69. The monoisotopic (exact) mass is 365 g/mol. The summed E-state index contributed by atoms with van der Waals surface area (Å²) in [6.45, 7) is 3.18. The third-order valence-electron chi connectivity index (χ3n) is 3.69. The predicted octanol–water partition coefficient (Wildman–Crippen LogP) is 2.44. The molecule has 2 rings (SSSR count). The molecule has 1 aromatic carbocycles.